The van der Waals surface area contributed by atoms with Crippen molar-refractivity contribution in [1.82, 2.24) is 20.5 Å². The van der Waals surface area contributed by atoms with Gasteiger partial charge in [-0.15, -0.1) is 0 Å². The van der Waals surface area contributed by atoms with Crippen LogP contribution < -0.4 is 31.7 Å². The van der Waals surface area contributed by atoms with Crippen LogP contribution in [0.1, 0.15) is 55.9 Å². The van der Waals surface area contributed by atoms with Crippen LogP contribution in [0.5, 0.6) is 0 Å². The van der Waals surface area contributed by atoms with E-state index in [0.29, 0.717) is 169 Å². The van der Waals surface area contributed by atoms with E-state index < -0.39 is 23.7 Å². The molecule has 444 valence electrons. The molecule has 1 fully saturated rings. The van der Waals surface area contributed by atoms with Crippen molar-refractivity contribution in [1.29, 1.82) is 0 Å². The number of nitrogens with two attached hydrogens (primary N) is 1. The lowest BCUT2D eigenvalue weighted by molar-refractivity contribution is -0.136. The van der Waals surface area contributed by atoms with Crippen LogP contribution in [0, 0.1) is 5.82 Å². The summed E-state index contributed by atoms with van der Waals surface area (Å²) in [5.74, 6) is -1.83. The van der Waals surface area contributed by atoms with Gasteiger partial charge in [0, 0.05) is 82.5 Å². The van der Waals surface area contributed by atoms with Crippen LogP contribution in [-0.4, -0.2) is 178 Å². The second kappa shape index (κ2) is 34.3. The molecule has 4 aromatic carbocycles. The first-order chi connectivity index (χ1) is 40.5. The molecule has 7 N–H and O–H groups in total. The highest BCUT2D eigenvalue weighted by Crippen LogP contribution is 2.34. The Kier molecular flexibility index (Phi) is 26.1. The van der Waals surface area contributed by atoms with Gasteiger partial charge in [0.1, 0.15) is 17.7 Å². The number of pyridine rings is 1. The highest BCUT2D eigenvalue weighted by atomic mass is 32.2. The van der Waals surface area contributed by atoms with Crippen LogP contribution in [0.15, 0.2) is 96.0 Å². The number of hydrogen-bond donors (Lipinski definition) is 6. The molecule has 0 radical (unpaired) electrons. The van der Waals surface area contributed by atoms with Gasteiger partial charge >= 0.3 is 0 Å². The van der Waals surface area contributed by atoms with Crippen LogP contribution >= 0.6 is 11.9 Å². The Labute approximate surface area is 485 Å². The number of carbonyl (C=O) groups is 6. The number of hydrogen-bond acceptors (Lipinski definition) is 19. The lowest BCUT2D eigenvalue weighted by Crippen LogP contribution is -2.53. The predicted molar refractivity (Wildman–Crippen MR) is 310 cm³/mol. The molecule has 5 amide bonds. The number of fused-ring (bicyclic) bond motifs is 1. The van der Waals surface area contributed by atoms with Crippen LogP contribution in [-0.2, 0) is 58.7 Å². The van der Waals surface area contributed by atoms with Gasteiger partial charge in [-0.05, 0) is 90.5 Å². The second-order valence-corrected chi connectivity index (χ2v) is 19.7. The third-order valence-electron chi connectivity index (χ3n) is 13.0. The van der Waals surface area contributed by atoms with E-state index in [1.807, 2.05) is 36.4 Å². The highest BCUT2D eigenvalue weighted by molar-refractivity contribution is 8.00. The fraction of sp³-hybridized carbons (Fsp3) is 0.407. The van der Waals surface area contributed by atoms with Gasteiger partial charge in [-0.1, -0.05) is 30.3 Å². The summed E-state index contributed by atoms with van der Waals surface area (Å²) < 4.78 is 63.1. The zero-order chi connectivity index (χ0) is 58.6. The maximum atomic E-state index is 15.5. The Balaban J connectivity index is 0.617. The van der Waals surface area contributed by atoms with Crippen molar-refractivity contribution in [3.63, 3.8) is 0 Å². The van der Waals surface area contributed by atoms with Crippen molar-refractivity contribution in [2.24, 2.45) is 0 Å². The Hall–Kier alpha value is -7.39. The summed E-state index contributed by atoms with van der Waals surface area (Å²) in [6, 6.07) is 23.5. The van der Waals surface area contributed by atoms with Gasteiger partial charge in [-0.2, -0.15) is 0 Å². The number of piperidine rings is 1. The fourth-order valence-electron chi connectivity index (χ4n) is 8.69. The first kappa shape index (κ1) is 63.2. The molecule has 2 aliphatic heterocycles. The van der Waals surface area contributed by atoms with Crippen LogP contribution in [0.2, 0.25) is 0 Å². The summed E-state index contributed by atoms with van der Waals surface area (Å²) >= 11 is 1.25. The van der Waals surface area contributed by atoms with Gasteiger partial charge in [0.05, 0.1) is 118 Å². The molecule has 0 aliphatic carbocycles. The number of nitrogens with zero attached hydrogens (tertiary/aromatic N) is 2. The number of anilines is 4. The van der Waals surface area contributed by atoms with Crippen molar-refractivity contribution in [3.05, 3.63) is 119 Å². The average Bonchev–Trinajstić information content (AvgIpc) is 3.68. The molecular weight excluding hydrogens is 1100 g/mol. The van der Waals surface area contributed by atoms with Crippen molar-refractivity contribution < 1.29 is 71.1 Å². The van der Waals surface area contributed by atoms with Crippen LogP contribution in [0.4, 0.5) is 27.3 Å². The van der Waals surface area contributed by atoms with E-state index in [9.17, 15) is 28.8 Å². The molecular formula is C59H71FN8O14S. The molecule has 1 unspecified atom stereocenters. The third-order valence-corrected chi connectivity index (χ3v) is 13.9. The number of likely N-dealkylation sites (N-methyl/N-ethyl adjacent to an activating group) is 1. The van der Waals surface area contributed by atoms with E-state index in [-0.39, 0.29) is 54.7 Å². The maximum Gasteiger partial charge on any atom is 0.257 e. The monoisotopic (exact) mass is 1170 g/mol. The highest BCUT2D eigenvalue weighted by Gasteiger charge is 2.34. The SMILES string of the molecule is CN(C(=O)c1c(C=O)cccc1NCCOCCOCCOCCOCCOCCOCCOCCOCCC(=O)Nc1ccc(NSc2ccc(-c3cnc(N)c(-c4ccc5c(c4)CCNC5=O)c3)c(F)c2)cc1)C1CCC(=O)NC1=O. The number of aromatic nitrogens is 1. The third kappa shape index (κ3) is 20.2. The molecule has 1 aromatic heterocycles. The zero-order valence-electron chi connectivity index (χ0n) is 46.3. The Bertz CT molecular complexity index is 2960. The molecule has 3 heterocycles. The minimum absolute atomic E-state index is 0.0992. The first-order valence-corrected chi connectivity index (χ1v) is 28.1. The topological polar surface area (TPSA) is 279 Å². The van der Waals surface area contributed by atoms with Gasteiger partial charge in [0.2, 0.25) is 17.7 Å². The molecule has 1 atom stereocenters. The molecule has 2 aliphatic rings. The van der Waals surface area contributed by atoms with Crippen molar-refractivity contribution in [3.8, 4) is 22.3 Å². The van der Waals surface area contributed by atoms with Crippen LogP contribution in [0.3, 0.4) is 0 Å². The van der Waals surface area contributed by atoms with Gasteiger partial charge in [0.25, 0.3) is 11.8 Å². The van der Waals surface area contributed by atoms with Crippen LogP contribution in [0.25, 0.3) is 22.3 Å². The minimum Gasteiger partial charge on any atom is -0.383 e. The molecule has 83 heavy (non-hydrogen) atoms. The van der Waals surface area contributed by atoms with E-state index in [1.165, 1.54) is 36.0 Å². The van der Waals surface area contributed by atoms with Gasteiger partial charge < -0.3 is 69.2 Å². The predicted octanol–water partition coefficient (Wildman–Crippen LogP) is 5.81. The van der Waals surface area contributed by atoms with E-state index in [2.05, 4.69) is 31.0 Å². The maximum absolute atomic E-state index is 15.5. The van der Waals surface area contributed by atoms with E-state index in [0.717, 1.165) is 16.8 Å². The zero-order valence-corrected chi connectivity index (χ0v) is 47.2. The number of carbonyl (C=O) groups excluding carboxylic acids is 6. The molecule has 1 saturated heterocycles. The largest absolute Gasteiger partial charge is 0.383 e. The fourth-order valence-corrected chi connectivity index (χ4v) is 9.36. The molecule has 7 rings (SSSR count). The lowest BCUT2D eigenvalue weighted by Gasteiger charge is -2.30. The number of amides is 5. The second-order valence-electron chi connectivity index (χ2n) is 18.9. The quantitative estimate of drug-likeness (QED) is 0.0119. The number of rotatable bonds is 37. The molecule has 22 nitrogen and oxygen atoms in total. The number of nitrogens with one attached hydrogen (secondary N) is 5. The molecule has 0 spiro atoms. The van der Waals surface area contributed by atoms with Gasteiger partial charge in [0.15, 0.2) is 6.29 Å². The normalized spacial score (nSPS) is 13.9. The Morgan fingerprint density at radius 2 is 1.31 bits per heavy atom. The van der Waals surface area contributed by atoms with Crippen molar-refractivity contribution in [2.45, 2.75) is 36.6 Å². The first-order valence-electron chi connectivity index (χ1n) is 27.3. The van der Waals surface area contributed by atoms with Gasteiger partial charge in [-0.25, -0.2) is 9.37 Å². The number of ether oxygens (including phenoxy) is 8. The Morgan fingerprint density at radius 1 is 0.711 bits per heavy atom. The van der Waals surface area contributed by atoms with Crippen molar-refractivity contribution >= 4 is 70.7 Å². The standard InChI is InChI=1S/C59H71FN8O14S/c1-68(52-13-14-53(70)66-58(52)73)59(74)55-42(39-69)3-2-4-51(55)62-18-20-76-22-24-78-26-28-80-30-32-82-34-33-81-31-29-79-27-25-77-23-21-75-19-16-54(71)65-44-6-8-45(9-7-44)67-83-46-10-12-47(50(60)37-46)43-36-49(56(61)64-38-43)40-5-11-48-41(35-40)15-17-63-57(48)72/h2-12,35-39,52,62,67H,13-34H2,1H3,(H2,61,64)(H,63,72)(H,65,71)(H,66,70,73). The van der Waals surface area contributed by atoms with E-state index in [1.54, 1.807) is 42.6 Å². The molecule has 0 bridgehead atoms. The average molecular weight is 1170 g/mol. The minimum atomic E-state index is -0.822. The van der Waals surface area contributed by atoms with E-state index in [4.69, 9.17) is 43.6 Å². The lowest BCUT2D eigenvalue weighted by atomic mass is 9.94. The molecule has 5 aromatic rings. The summed E-state index contributed by atoms with van der Waals surface area (Å²) in [6.07, 6.45) is 3.35. The number of halogens is 1. The van der Waals surface area contributed by atoms with Crippen molar-refractivity contribution in [2.75, 3.05) is 147 Å². The summed E-state index contributed by atoms with van der Waals surface area (Å²) in [7, 11) is 1.48. The summed E-state index contributed by atoms with van der Waals surface area (Å²) in [4.78, 5) is 80.0. The number of benzene rings is 4. The van der Waals surface area contributed by atoms with Gasteiger partial charge in [-0.3, -0.25) is 34.1 Å². The summed E-state index contributed by atoms with van der Waals surface area (Å²) in [5.41, 5.74) is 12.4. The smallest absolute Gasteiger partial charge is 0.257 e. The number of aldehydes is 1. The molecule has 0 saturated carbocycles. The van der Waals surface area contributed by atoms with E-state index >= 15 is 4.39 Å². The number of nitrogen functional groups attached to an aromatic ring is 1. The molecule has 24 heteroatoms. The summed E-state index contributed by atoms with van der Waals surface area (Å²) in [6.45, 7) is 6.93. The summed E-state index contributed by atoms with van der Waals surface area (Å²) in [5, 5.41) is 11.1. The number of imide groups is 1. The Morgan fingerprint density at radius 3 is 1.93 bits per heavy atom.